The zero-order valence-corrected chi connectivity index (χ0v) is 15.9. The lowest BCUT2D eigenvalue weighted by Crippen LogP contribution is -2.28. The lowest BCUT2D eigenvalue weighted by molar-refractivity contribution is -0.122. The van der Waals surface area contributed by atoms with Crippen LogP contribution < -0.4 is 15.0 Å². The van der Waals surface area contributed by atoms with Gasteiger partial charge in [0.25, 0.3) is 0 Å². The monoisotopic (exact) mass is 381 g/mol. The number of nitrogens with zero attached hydrogens (tertiary/aromatic N) is 2. The average Bonchev–Trinajstić information content (AvgIpc) is 3.24. The molecule has 7 heteroatoms. The van der Waals surface area contributed by atoms with E-state index in [0.717, 1.165) is 15.8 Å². The van der Waals surface area contributed by atoms with Crippen LogP contribution in [0.2, 0.25) is 0 Å². The van der Waals surface area contributed by atoms with Crippen LogP contribution in [0.5, 0.6) is 5.75 Å². The van der Waals surface area contributed by atoms with Gasteiger partial charge in [-0.2, -0.15) is 0 Å². The number of thiazole rings is 1. The molecule has 0 bridgehead atoms. The number of aryl methyl sites for hydroxylation is 1. The van der Waals surface area contributed by atoms with Crippen LogP contribution in [0, 0.1) is 12.8 Å². The number of carbonyl (C=O) groups is 2. The maximum atomic E-state index is 12.7. The molecule has 2 amide bonds. The highest BCUT2D eigenvalue weighted by atomic mass is 32.1. The lowest BCUT2D eigenvalue weighted by atomic mass is 10.1. The standard InChI is InChI=1S/C20H19N3O3S/c1-12-7-8-16(26-2)15(9-12)23-11-13(10-18(23)24)19(25)22-20-21-14-5-3-4-6-17(14)27-20/h3-9,13H,10-11H2,1-2H3,(H,21,22,25). The number of methoxy groups -OCH3 is 1. The van der Waals surface area contributed by atoms with Gasteiger partial charge < -0.3 is 15.0 Å². The van der Waals surface area contributed by atoms with Crippen molar-refractivity contribution in [2.24, 2.45) is 5.92 Å². The van der Waals surface area contributed by atoms with Crippen LogP contribution in [0.1, 0.15) is 12.0 Å². The molecule has 6 nitrogen and oxygen atoms in total. The predicted molar refractivity (Wildman–Crippen MR) is 106 cm³/mol. The van der Waals surface area contributed by atoms with Crippen LogP contribution in [0.3, 0.4) is 0 Å². The van der Waals surface area contributed by atoms with E-state index in [1.807, 2.05) is 49.4 Å². The smallest absolute Gasteiger partial charge is 0.231 e. The molecule has 1 saturated heterocycles. The number of anilines is 2. The van der Waals surface area contributed by atoms with Crippen molar-refractivity contribution in [3.8, 4) is 5.75 Å². The molecule has 3 aromatic rings. The number of ether oxygens (including phenoxy) is 1. The van der Waals surface area contributed by atoms with E-state index < -0.39 is 5.92 Å². The summed E-state index contributed by atoms with van der Waals surface area (Å²) in [5.41, 5.74) is 2.59. The summed E-state index contributed by atoms with van der Waals surface area (Å²) in [7, 11) is 1.58. The molecule has 0 aliphatic carbocycles. The second kappa shape index (κ2) is 7.00. The summed E-state index contributed by atoms with van der Waals surface area (Å²) >= 11 is 1.43. The summed E-state index contributed by atoms with van der Waals surface area (Å²) in [6.07, 6.45) is 0.174. The molecular weight excluding hydrogens is 362 g/mol. The summed E-state index contributed by atoms with van der Waals surface area (Å²) in [6, 6.07) is 13.4. The number of benzene rings is 2. The molecule has 1 N–H and O–H groups in total. The largest absolute Gasteiger partial charge is 0.495 e. The van der Waals surface area contributed by atoms with E-state index >= 15 is 0 Å². The summed E-state index contributed by atoms with van der Waals surface area (Å²) in [4.78, 5) is 31.3. The Labute approximate surface area is 160 Å². The third-order valence-corrected chi connectivity index (χ3v) is 5.60. The molecular formula is C20H19N3O3S. The zero-order chi connectivity index (χ0) is 19.0. The molecule has 138 valence electrons. The van der Waals surface area contributed by atoms with E-state index in [1.165, 1.54) is 11.3 Å². The van der Waals surface area contributed by atoms with Gasteiger partial charge in [0.15, 0.2) is 5.13 Å². The van der Waals surface area contributed by atoms with Crippen molar-refractivity contribution in [1.82, 2.24) is 4.98 Å². The second-order valence-corrected chi connectivity index (χ2v) is 7.59. The Hall–Kier alpha value is -2.93. The van der Waals surface area contributed by atoms with Gasteiger partial charge in [-0.25, -0.2) is 4.98 Å². The maximum Gasteiger partial charge on any atom is 0.231 e. The maximum absolute atomic E-state index is 12.7. The van der Waals surface area contributed by atoms with E-state index in [1.54, 1.807) is 12.0 Å². The van der Waals surface area contributed by atoms with Gasteiger partial charge in [0.2, 0.25) is 11.8 Å². The first-order valence-corrected chi connectivity index (χ1v) is 9.48. The minimum atomic E-state index is -0.422. The van der Waals surface area contributed by atoms with Crippen molar-refractivity contribution < 1.29 is 14.3 Å². The number of aromatic nitrogens is 1. The Bertz CT molecular complexity index is 997. The quantitative estimate of drug-likeness (QED) is 0.749. The molecule has 0 radical (unpaired) electrons. The Morgan fingerprint density at radius 2 is 2.11 bits per heavy atom. The molecule has 1 fully saturated rings. The SMILES string of the molecule is COc1ccc(C)cc1N1CC(C(=O)Nc2nc3ccccc3s2)CC1=O. The molecule has 0 spiro atoms. The van der Waals surface area contributed by atoms with Gasteiger partial charge in [0.1, 0.15) is 5.75 Å². The van der Waals surface area contributed by atoms with Crippen LogP contribution in [-0.2, 0) is 9.59 Å². The van der Waals surface area contributed by atoms with Crippen molar-refractivity contribution in [3.05, 3.63) is 48.0 Å². The fourth-order valence-electron chi connectivity index (χ4n) is 3.26. The van der Waals surface area contributed by atoms with Gasteiger partial charge in [-0.1, -0.05) is 29.5 Å². The molecule has 1 aliphatic rings. The summed E-state index contributed by atoms with van der Waals surface area (Å²) in [5, 5.41) is 3.42. The van der Waals surface area contributed by atoms with Crippen LogP contribution in [0.25, 0.3) is 10.2 Å². The highest BCUT2D eigenvalue weighted by molar-refractivity contribution is 7.22. The van der Waals surface area contributed by atoms with Crippen molar-refractivity contribution >= 4 is 44.2 Å². The molecule has 2 heterocycles. The van der Waals surface area contributed by atoms with E-state index in [0.29, 0.717) is 23.1 Å². The van der Waals surface area contributed by atoms with E-state index in [4.69, 9.17) is 4.74 Å². The average molecular weight is 381 g/mol. The number of amides is 2. The lowest BCUT2D eigenvalue weighted by Gasteiger charge is -2.20. The van der Waals surface area contributed by atoms with Crippen LogP contribution in [0.4, 0.5) is 10.8 Å². The first-order valence-electron chi connectivity index (χ1n) is 8.66. The molecule has 1 aromatic heterocycles. The molecule has 27 heavy (non-hydrogen) atoms. The molecule has 4 rings (SSSR count). The van der Waals surface area contributed by atoms with Crippen molar-refractivity contribution in [3.63, 3.8) is 0 Å². The van der Waals surface area contributed by atoms with Crippen molar-refractivity contribution in [1.29, 1.82) is 0 Å². The van der Waals surface area contributed by atoms with Crippen LogP contribution >= 0.6 is 11.3 Å². The predicted octanol–water partition coefficient (Wildman–Crippen LogP) is 3.60. The number of carbonyl (C=O) groups excluding carboxylic acids is 2. The highest BCUT2D eigenvalue weighted by Gasteiger charge is 2.36. The fraction of sp³-hybridized carbons (Fsp3) is 0.250. The highest BCUT2D eigenvalue weighted by Crippen LogP contribution is 2.34. The zero-order valence-electron chi connectivity index (χ0n) is 15.1. The van der Waals surface area contributed by atoms with Crippen LogP contribution in [0.15, 0.2) is 42.5 Å². The Morgan fingerprint density at radius 1 is 1.30 bits per heavy atom. The topological polar surface area (TPSA) is 71.5 Å². The molecule has 1 unspecified atom stereocenters. The van der Waals surface area contributed by atoms with Gasteiger partial charge in [-0.05, 0) is 36.8 Å². The van der Waals surface area contributed by atoms with Gasteiger partial charge in [-0.15, -0.1) is 0 Å². The van der Waals surface area contributed by atoms with Gasteiger partial charge in [0.05, 0.1) is 28.9 Å². The first kappa shape index (κ1) is 17.5. The number of para-hydroxylation sites is 1. The minimum Gasteiger partial charge on any atom is -0.495 e. The number of rotatable bonds is 4. The first-order chi connectivity index (χ1) is 13.0. The number of fused-ring (bicyclic) bond motifs is 1. The van der Waals surface area contributed by atoms with E-state index in [2.05, 4.69) is 10.3 Å². The molecule has 0 saturated carbocycles. The second-order valence-electron chi connectivity index (χ2n) is 6.56. The Morgan fingerprint density at radius 3 is 2.89 bits per heavy atom. The molecule has 1 atom stereocenters. The third-order valence-electron chi connectivity index (χ3n) is 4.64. The molecule has 2 aromatic carbocycles. The van der Waals surface area contributed by atoms with E-state index in [-0.39, 0.29) is 18.2 Å². The normalized spacial score (nSPS) is 16.7. The number of hydrogen-bond donors (Lipinski definition) is 1. The summed E-state index contributed by atoms with van der Waals surface area (Å²) in [5.74, 6) is -0.0595. The van der Waals surface area contributed by atoms with Gasteiger partial charge in [-0.3, -0.25) is 9.59 Å². The number of hydrogen-bond acceptors (Lipinski definition) is 5. The Balaban J connectivity index is 1.51. The van der Waals surface area contributed by atoms with Crippen LogP contribution in [-0.4, -0.2) is 30.5 Å². The Kier molecular flexibility index (Phi) is 4.53. The molecule has 1 aliphatic heterocycles. The minimum absolute atomic E-state index is 0.0802. The third kappa shape index (κ3) is 3.38. The summed E-state index contributed by atoms with van der Waals surface area (Å²) < 4.78 is 6.40. The fourth-order valence-corrected chi connectivity index (χ4v) is 4.13. The number of nitrogens with one attached hydrogen (secondary N) is 1. The van der Waals surface area contributed by atoms with Crippen molar-refractivity contribution in [2.45, 2.75) is 13.3 Å². The van der Waals surface area contributed by atoms with Crippen molar-refractivity contribution in [2.75, 3.05) is 23.9 Å². The van der Waals surface area contributed by atoms with Gasteiger partial charge >= 0.3 is 0 Å². The van der Waals surface area contributed by atoms with Gasteiger partial charge in [0, 0.05) is 13.0 Å². The van der Waals surface area contributed by atoms with E-state index in [9.17, 15) is 9.59 Å². The summed E-state index contributed by atoms with van der Waals surface area (Å²) in [6.45, 7) is 2.29.